The molecule has 1 aliphatic heterocycles. The van der Waals surface area contributed by atoms with E-state index in [1.165, 1.54) is 16.8 Å². The van der Waals surface area contributed by atoms with Crippen LogP contribution in [0.4, 0.5) is 0 Å². The number of aryl methyl sites for hydroxylation is 2. The molecule has 5 nitrogen and oxygen atoms in total. The summed E-state index contributed by atoms with van der Waals surface area (Å²) in [4.78, 5) is 2.48. The fraction of sp³-hybridized carbons (Fsp3) is 0.333. The third-order valence-corrected chi connectivity index (χ3v) is 4.38. The first kappa shape index (κ1) is 14.2. The van der Waals surface area contributed by atoms with Crippen molar-refractivity contribution in [1.82, 2.24) is 24.5 Å². The van der Waals surface area contributed by atoms with E-state index in [4.69, 9.17) is 5.10 Å². The molecule has 0 radical (unpaired) electrons. The molecule has 0 aliphatic carbocycles. The molecule has 0 bridgehead atoms. The van der Waals surface area contributed by atoms with Gasteiger partial charge in [-0.05, 0) is 24.6 Å². The van der Waals surface area contributed by atoms with Crippen LogP contribution >= 0.6 is 0 Å². The van der Waals surface area contributed by atoms with Gasteiger partial charge >= 0.3 is 0 Å². The van der Waals surface area contributed by atoms with Gasteiger partial charge in [0.05, 0.1) is 12.2 Å². The number of nitrogens with zero attached hydrogens (tertiary/aromatic N) is 5. The standard InChI is InChI=1S/C18H21N5/c1-14-3-5-15(6-4-14)12-22-9-10-23-16(13-22)11-18(20-23)17-7-8-21(2)19-17/h3-8,11H,9-10,12-13H2,1-2H3. The van der Waals surface area contributed by atoms with Crippen LogP contribution in [0.2, 0.25) is 0 Å². The Labute approximate surface area is 136 Å². The molecule has 0 unspecified atom stereocenters. The second-order valence-corrected chi connectivity index (χ2v) is 6.31. The van der Waals surface area contributed by atoms with Crippen molar-refractivity contribution in [2.75, 3.05) is 6.54 Å². The van der Waals surface area contributed by atoms with E-state index in [1.807, 2.05) is 24.0 Å². The smallest absolute Gasteiger partial charge is 0.113 e. The highest BCUT2D eigenvalue weighted by atomic mass is 15.3. The lowest BCUT2D eigenvalue weighted by Crippen LogP contribution is -2.33. The maximum absolute atomic E-state index is 4.70. The van der Waals surface area contributed by atoms with E-state index in [9.17, 15) is 0 Å². The van der Waals surface area contributed by atoms with Crippen LogP contribution in [-0.4, -0.2) is 31.0 Å². The van der Waals surface area contributed by atoms with Crippen LogP contribution in [0.5, 0.6) is 0 Å². The van der Waals surface area contributed by atoms with Gasteiger partial charge in [-0.15, -0.1) is 0 Å². The van der Waals surface area contributed by atoms with Crippen LogP contribution in [-0.2, 0) is 26.7 Å². The Balaban J connectivity index is 1.50. The molecular formula is C18H21N5. The predicted octanol–water partition coefficient (Wildman–Crippen LogP) is 2.61. The van der Waals surface area contributed by atoms with Crippen molar-refractivity contribution in [2.24, 2.45) is 7.05 Å². The summed E-state index contributed by atoms with van der Waals surface area (Å²) >= 11 is 0. The molecule has 1 aromatic carbocycles. The fourth-order valence-corrected chi connectivity index (χ4v) is 3.08. The van der Waals surface area contributed by atoms with Crippen LogP contribution in [0.3, 0.4) is 0 Å². The molecular weight excluding hydrogens is 286 g/mol. The summed E-state index contributed by atoms with van der Waals surface area (Å²) in [5.41, 5.74) is 5.86. The van der Waals surface area contributed by atoms with E-state index in [1.54, 1.807) is 0 Å². The summed E-state index contributed by atoms with van der Waals surface area (Å²) in [6, 6.07) is 13.0. The van der Waals surface area contributed by atoms with E-state index in [2.05, 4.69) is 51.9 Å². The van der Waals surface area contributed by atoms with Gasteiger partial charge in [0, 0.05) is 32.9 Å². The molecule has 2 aromatic heterocycles. The molecule has 0 saturated carbocycles. The Bertz CT molecular complexity index is 812. The first-order chi connectivity index (χ1) is 11.2. The van der Waals surface area contributed by atoms with Gasteiger partial charge < -0.3 is 0 Å². The van der Waals surface area contributed by atoms with Gasteiger partial charge in [0.25, 0.3) is 0 Å². The Morgan fingerprint density at radius 2 is 1.83 bits per heavy atom. The Kier molecular flexibility index (Phi) is 3.50. The molecule has 0 fully saturated rings. The van der Waals surface area contributed by atoms with Crippen LogP contribution in [0.25, 0.3) is 11.4 Å². The average molecular weight is 307 g/mol. The molecule has 0 atom stereocenters. The van der Waals surface area contributed by atoms with Crippen LogP contribution < -0.4 is 0 Å². The van der Waals surface area contributed by atoms with Crippen molar-refractivity contribution in [2.45, 2.75) is 26.6 Å². The summed E-state index contributed by atoms with van der Waals surface area (Å²) in [5, 5.41) is 9.15. The molecule has 5 heteroatoms. The van der Waals surface area contributed by atoms with E-state index in [0.717, 1.165) is 37.6 Å². The first-order valence-electron chi connectivity index (χ1n) is 8.02. The Hall–Kier alpha value is -2.40. The molecule has 4 rings (SSSR count). The number of fused-ring (bicyclic) bond motifs is 1. The molecule has 3 aromatic rings. The molecule has 1 aliphatic rings. The quantitative estimate of drug-likeness (QED) is 0.746. The van der Waals surface area contributed by atoms with Gasteiger partial charge in [0.2, 0.25) is 0 Å². The van der Waals surface area contributed by atoms with Gasteiger partial charge in [-0.3, -0.25) is 14.3 Å². The number of hydrogen-bond donors (Lipinski definition) is 0. The third kappa shape index (κ3) is 2.92. The molecule has 0 spiro atoms. The Morgan fingerprint density at radius 3 is 2.57 bits per heavy atom. The maximum atomic E-state index is 4.70. The van der Waals surface area contributed by atoms with Crippen molar-refractivity contribution in [3.63, 3.8) is 0 Å². The molecule has 3 heterocycles. The minimum atomic E-state index is 0.938. The van der Waals surface area contributed by atoms with Crippen molar-refractivity contribution in [1.29, 1.82) is 0 Å². The highest BCUT2D eigenvalue weighted by Crippen LogP contribution is 2.21. The number of aromatic nitrogens is 4. The SMILES string of the molecule is Cc1ccc(CN2CCn3nc(-c4ccn(C)n4)cc3C2)cc1. The topological polar surface area (TPSA) is 38.9 Å². The third-order valence-electron chi connectivity index (χ3n) is 4.38. The lowest BCUT2D eigenvalue weighted by Gasteiger charge is -2.27. The Morgan fingerprint density at radius 1 is 1.00 bits per heavy atom. The van der Waals surface area contributed by atoms with E-state index >= 15 is 0 Å². The molecule has 0 amide bonds. The van der Waals surface area contributed by atoms with E-state index < -0.39 is 0 Å². The second-order valence-electron chi connectivity index (χ2n) is 6.31. The number of rotatable bonds is 3. The summed E-state index contributed by atoms with van der Waals surface area (Å²) in [6.07, 6.45) is 1.96. The predicted molar refractivity (Wildman–Crippen MR) is 89.7 cm³/mol. The van der Waals surface area contributed by atoms with Crippen LogP contribution in [0, 0.1) is 6.92 Å². The molecule has 23 heavy (non-hydrogen) atoms. The van der Waals surface area contributed by atoms with Crippen molar-refractivity contribution in [3.8, 4) is 11.4 Å². The fourth-order valence-electron chi connectivity index (χ4n) is 3.08. The van der Waals surface area contributed by atoms with Crippen LogP contribution in [0.1, 0.15) is 16.8 Å². The largest absolute Gasteiger partial charge is 0.291 e. The van der Waals surface area contributed by atoms with E-state index in [-0.39, 0.29) is 0 Å². The molecule has 118 valence electrons. The highest BCUT2D eigenvalue weighted by Gasteiger charge is 2.19. The van der Waals surface area contributed by atoms with E-state index in [0.29, 0.717) is 0 Å². The van der Waals surface area contributed by atoms with Gasteiger partial charge in [-0.25, -0.2) is 0 Å². The normalized spacial score (nSPS) is 14.9. The second kappa shape index (κ2) is 5.66. The van der Waals surface area contributed by atoms with Gasteiger partial charge in [-0.1, -0.05) is 29.8 Å². The first-order valence-corrected chi connectivity index (χ1v) is 8.02. The molecule has 0 saturated heterocycles. The summed E-state index contributed by atoms with van der Waals surface area (Å²) < 4.78 is 3.94. The lowest BCUT2D eigenvalue weighted by atomic mass is 10.1. The highest BCUT2D eigenvalue weighted by molar-refractivity contribution is 5.53. The zero-order valence-corrected chi connectivity index (χ0v) is 13.6. The zero-order chi connectivity index (χ0) is 15.8. The van der Waals surface area contributed by atoms with Gasteiger partial charge in [0.15, 0.2) is 0 Å². The molecule has 0 N–H and O–H groups in total. The minimum Gasteiger partial charge on any atom is -0.291 e. The minimum absolute atomic E-state index is 0.938. The zero-order valence-electron chi connectivity index (χ0n) is 13.6. The van der Waals surface area contributed by atoms with Crippen LogP contribution in [0.15, 0.2) is 42.6 Å². The summed E-state index contributed by atoms with van der Waals surface area (Å²) in [7, 11) is 1.93. The van der Waals surface area contributed by atoms with Crippen molar-refractivity contribution >= 4 is 0 Å². The maximum Gasteiger partial charge on any atom is 0.113 e. The van der Waals surface area contributed by atoms with Crippen molar-refractivity contribution in [3.05, 3.63) is 59.4 Å². The monoisotopic (exact) mass is 307 g/mol. The van der Waals surface area contributed by atoms with Gasteiger partial charge in [-0.2, -0.15) is 10.2 Å². The average Bonchev–Trinajstić information content (AvgIpc) is 3.15. The number of benzene rings is 1. The van der Waals surface area contributed by atoms with Crippen molar-refractivity contribution < 1.29 is 0 Å². The number of hydrogen-bond acceptors (Lipinski definition) is 3. The summed E-state index contributed by atoms with van der Waals surface area (Å²) in [5.74, 6) is 0. The summed E-state index contributed by atoms with van der Waals surface area (Å²) in [6.45, 7) is 6.03. The lowest BCUT2D eigenvalue weighted by molar-refractivity contribution is 0.205. The van der Waals surface area contributed by atoms with Gasteiger partial charge in [0.1, 0.15) is 11.4 Å².